The van der Waals surface area contributed by atoms with Gasteiger partial charge in [0.25, 0.3) is 0 Å². The van der Waals surface area contributed by atoms with Gasteiger partial charge in [-0.25, -0.2) is 0 Å². The molecule has 1 aliphatic heterocycles. The number of hydrogen-bond acceptors (Lipinski definition) is 3. The van der Waals surface area contributed by atoms with E-state index in [9.17, 15) is 4.79 Å². The Morgan fingerprint density at radius 2 is 2.60 bits per heavy atom. The van der Waals surface area contributed by atoms with E-state index in [1.807, 2.05) is 0 Å². The molecule has 1 unspecified atom stereocenters. The molecule has 1 fully saturated rings. The molecule has 0 aromatic heterocycles. The molecule has 0 aromatic carbocycles. The first-order valence-corrected chi connectivity index (χ1v) is 3.82. The third kappa shape index (κ3) is 2.15. The van der Waals surface area contributed by atoms with Crippen molar-refractivity contribution in [3.8, 4) is 0 Å². The average Bonchev–Trinajstić information content (AvgIpc) is 2.40. The predicted molar refractivity (Wildman–Crippen MR) is 38.1 cm³/mol. The van der Waals surface area contributed by atoms with Crippen LogP contribution in [0.25, 0.3) is 0 Å². The van der Waals surface area contributed by atoms with Gasteiger partial charge in [-0.05, 0) is 13.0 Å². The Morgan fingerprint density at radius 3 is 3.10 bits per heavy atom. The number of rotatable bonds is 2. The molecule has 1 aliphatic rings. The quantitative estimate of drug-likeness (QED) is 0.465. The Morgan fingerprint density at radius 1 is 1.80 bits per heavy atom. The van der Waals surface area contributed by atoms with E-state index in [0.29, 0.717) is 0 Å². The van der Waals surface area contributed by atoms with E-state index in [1.165, 1.54) is 0 Å². The van der Waals surface area contributed by atoms with Crippen LogP contribution in [0.3, 0.4) is 0 Å². The molecule has 1 rings (SSSR count). The molecule has 1 N–H and O–H groups in total. The summed E-state index contributed by atoms with van der Waals surface area (Å²) in [6.45, 7) is 1.70. The van der Waals surface area contributed by atoms with E-state index in [1.54, 1.807) is 0 Å². The maximum atomic E-state index is 10.6. The minimum atomic E-state index is -0.324. The maximum Gasteiger partial charge on any atom is 0.321 e. The van der Waals surface area contributed by atoms with Gasteiger partial charge in [-0.1, -0.05) is 0 Å². The molecular weight excluding hydrogens is 154 g/mol. The molecule has 1 saturated heterocycles. The van der Waals surface area contributed by atoms with Gasteiger partial charge in [0.1, 0.15) is 12.0 Å². The minimum absolute atomic E-state index is 0.0451. The lowest BCUT2D eigenvalue weighted by molar-refractivity contribution is -0.144. The van der Waals surface area contributed by atoms with Gasteiger partial charge in [0.2, 0.25) is 0 Å². The van der Waals surface area contributed by atoms with Crippen molar-refractivity contribution in [1.29, 1.82) is 0 Å². The Hall–Kier alpha value is -0.280. The first-order chi connectivity index (χ1) is 4.83. The fourth-order valence-electron chi connectivity index (χ4n) is 0.946. The van der Waals surface area contributed by atoms with Crippen LogP contribution >= 0.6 is 11.6 Å². The van der Waals surface area contributed by atoms with Gasteiger partial charge >= 0.3 is 5.97 Å². The van der Waals surface area contributed by atoms with Crippen molar-refractivity contribution in [2.24, 2.45) is 0 Å². The Labute approximate surface area is 64.7 Å². The highest BCUT2D eigenvalue weighted by Gasteiger charge is 2.17. The molecule has 3 nitrogen and oxygen atoms in total. The molecule has 0 saturated carbocycles. The van der Waals surface area contributed by atoms with Gasteiger partial charge in [-0.3, -0.25) is 4.79 Å². The Bertz CT molecular complexity index is 123. The minimum Gasteiger partial charge on any atom is -0.460 e. The molecule has 0 spiro atoms. The van der Waals surface area contributed by atoms with Crippen molar-refractivity contribution in [1.82, 2.24) is 5.32 Å². The average molecular weight is 164 g/mol. The molecule has 58 valence electrons. The van der Waals surface area contributed by atoms with Crippen molar-refractivity contribution in [2.45, 2.75) is 12.5 Å². The highest BCUT2D eigenvalue weighted by atomic mass is 35.5. The third-order valence-electron chi connectivity index (χ3n) is 1.42. The third-order valence-corrected chi connectivity index (χ3v) is 1.64. The fourth-order valence-corrected chi connectivity index (χ4v) is 1.01. The lowest BCUT2D eigenvalue weighted by Crippen LogP contribution is -2.21. The summed E-state index contributed by atoms with van der Waals surface area (Å²) in [4.78, 5) is 10.6. The van der Waals surface area contributed by atoms with Crippen LogP contribution in [0.15, 0.2) is 0 Å². The highest BCUT2D eigenvalue weighted by molar-refractivity contribution is 6.26. The Kier molecular flexibility index (Phi) is 2.96. The molecule has 1 heterocycles. The van der Waals surface area contributed by atoms with Crippen molar-refractivity contribution in [3.63, 3.8) is 0 Å². The first-order valence-electron chi connectivity index (χ1n) is 3.29. The van der Waals surface area contributed by atoms with Crippen LogP contribution in [-0.4, -0.2) is 31.0 Å². The zero-order valence-corrected chi connectivity index (χ0v) is 6.36. The van der Waals surface area contributed by atoms with Crippen molar-refractivity contribution in [3.05, 3.63) is 0 Å². The van der Waals surface area contributed by atoms with Gasteiger partial charge in [-0.2, -0.15) is 0 Å². The second-order valence-electron chi connectivity index (χ2n) is 2.24. The monoisotopic (exact) mass is 163 g/mol. The number of halogens is 1. The van der Waals surface area contributed by atoms with Crippen LogP contribution < -0.4 is 5.32 Å². The standard InChI is InChI=1S/C6H10ClNO2/c7-3-6(9)10-5-1-2-8-4-5/h5,8H,1-4H2. The summed E-state index contributed by atoms with van der Waals surface area (Å²) in [5.41, 5.74) is 0. The number of carbonyl (C=O) groups is 1. The summed E-state index contributed by atoms with van der Waals surface area (Å²) in [6.07, 6.45) is 0.953. The number of hydrogen-bond donors (Lipinski definition) is 1. The largest absolute Gasteiger partial charge is 0.460 e. The van der Waals surface area contributed by atoms with Gasteiger partial charge in [-0.15, -0.1) is 11.6 Å². The lowest BCUT2D eigenvalue weighted by atomic mass is 10.3. The lowest BCUT2D eigenvalue weighted by Gasteiger charge is -2.07. The van der Waals surface area contributed by atoms with Crippen LogP contribution in [-0.2, 0) is 9.53 Å². The molecule has 0 amide bonds. The van der Waals surface area contributed by atoms with Crippen molar-refractivity contribution in [2.75, 3.05) is 19.0 Å². The van der Waals surface area contributed by atoms with E-state index >= 15 is 0 Å². The molecule has 0 radical (unpaired) electrons. The molecule has 0 aromatic rings. The molecule has 4 heteroatoms. The van der Waals surface area contributed by atoms with Gasteiger partial charge in [0, 0.05) is 6.54 Å². The van der Waals surface area contributed by atoms with Crippen LogP contribution in [0.1, 0.15) is 6.42 Å². The summed E-state index contributed by atoms with van der Waals surface area (Å²) >= 11 is 5.24. The fraction of sp³-hybridized carbons (Fsp3) is 0.833. The summed E-state index contributed by atoms with van der Waals surface area (Å²) in [6, 6.07) is 0. The summed E-state index contributed by atoms with van der Waals surface area (Å²) in [5.74, 6) is -0.369. The van der Waals surface area contributed by atoms with Crippen LogP contribution in [0.5, 0.6) is 0 Å². The zero-order valence-electron chi connectivity index (χ0n) is 5.60. The van der Waals surface area contributed by atoms with Crippen LogP contribution in [0.2, 0.25) is 0 Å². The predicted octanol–water partition coefficient (Wildman–Crippen LogP) is 0.130. The maximum absolute atomic E-state index is 10.6. The van der Waals surface area contributed by atoms with Crippen molar-refractivity contribution >= 4 is 17.6 Å². The van der Waals surface area contributed by atoms with Gasteiger partial charge < -0.3 is 10.1 Å². The summed E-state index contributed by atoms with van der Waals surface area (Å²) < 4.78 is 4.93. The number of esters is 1. The van der Waals surface area contributed by atoms with Gasteiger partial charge in [0.15, 0.2) is 0 Å². The van der Waals surface area contributed by atoms with E-state index in [0.717, 1.165) is 19.5 Å². The molecule has 1 atom stereocenters. The second kappa shape index (κ2) is 3.78. The highest BCUT2D eigenvalue weighted by Crippen LogP contribution is 2.03. The summed E-state index contributed by atoms with van der Waals surface area (Å²) in [7, 11) is 0. The normalized spacial score (nSPS) is 24.7. The number of ether oxygens (including phenoxy) is 1. The van der Waals surface area contributed by atoms with Crippen molar-refractivity contribution < 1.29 is 9.53 Å². The van der Waals surface area contributed by atoms with E-state index < -0.39 is 0 Å². The topological polar surface area (TPSA) is 38.3 Å². The smallest absolute Gasteiger partial charge is 0.321 e. The SMILES string of the molecule is O=C(CCl)OC1CCNC1. The van der Waals surface area contributed by atoms with Crippen LogP contribution in [0, 0.1) is 0 Å². The van der Waals surface area contributed by atoms with Crippen LogP contribution in [0.4, 0.5) is 0 Å². The number of alkyl halides is 1. The molecule has 0 bridgehead atoms. The first kappa shape index (κ1) is 7.82. The number of nitrogens with one attached hydrogen (secondary N) is 1. The summed E-state index contributed by atoms with van der Waals surface area (Å²) in [5, 5.41) is 3.08. The Balaban J connectivity index is 2.17. The van der Waals surface area contributed by atoms with E-state index in [2.05, 4.69) is 5.32 Å². The second-order valence-corrected chi connectivity index (χ2v) is 2.51. The molecule has 0 aliphatic carbocycles. The van der Waals surface area contributed by atoms with E-state index in [4.69, 9.17) is 16.3 Å². The zero-order chi connectivity index (χ0) is 7.40. The molecular formula is C6H10ClNO2. The molecule has 10 heavy (non-hydrogen) atoms. The van der Waals surface area contributed by atoms with Gasteiger partial charge in [0.05, 0.1) is 0 Å². The number of carbonyl (C=O) groups excluding carboxylic acids is 1. The van der Waals surface area contributed by atoms with E-state index in [-0.39, 0.29) is 18.0 Å².